The average molecular weight is 300 g/mol. The largest absolute Gasteiger partial charge is 0.478 e. The number of sulfone groups is 1. The van der Waals surface area contributed by atoms with E-state index in [2.05, 4.69) is 14.7 Å². The number of aromatic nitrogens is 2. The van der Waals surface area contributed by atoms with E-state index in [1.807, 2.05) is 0 Å². The fourth-order valence-electron chi connectivity index (χ4n) is 1.58. The molecule has 20 heavy (non-hydrogen) atoms. The van der Waals surface area contributed by atoms with Gasteiger partial charge in [-0.3, -0.25) is 0 Å². The Kier molecular flexibility index (Phi) is 3.53. The van der Waals surface area contributed by atoms with Gasteiger partial charge in [-0.2, -0.15) is 4.98 Å². The van der Waals surface area contributed by atoms with E-state index in [0.29, 0.717) is 0 Å². The van der Waals surface area contributed by atoms with Gasteiger partial charge in [-0.1, -0.05) is 5.16 Å². The molecule has 0 atom stereocenters. The Balaban J connectivity index is 2.49. The lowest BCUT2D eigenvalue weighted by molar-refractivity contribution is 0.0691. The van der Waals surface area contributed by atoms with Gasteiger partial charge in [0.25, 0.3) is 0 Å². The van der Waals surface area contributed by atoms with Crippen molar-refractivity contribution in [2.24, 2.45) is 0 Å². The molecule has 1 heterocycles. The zero-order chi connectivity index (χ0) is 14.9. The number of hydrogen-bond acceptors (Lipinski definition) is 6. The highest BCUT2D eigenvalue weighted by Crippen LogP contribution is 2.22. The zero-order valence-electron chi connectivity index (χ0n) is 10.2. The predicted octanol–water partition coefficient (Wildman–Crippen LogP) is 1.19. The molecule has 0 unspecified atom stereocenters. The molecule has 0 aliphatic rings. The average Bonchev–Trinajstić information content (AvgIpc) is 2.83. The van der Waals surface area contributed by atoms with Gasteiger partial charge in [0.2, 0.25) is 6.39 Å². The van der Waals surface area contributed by atoms with E-state index in [1.165, 1.54) is 6.92 Å². The minimum atomic E-state index is -3.89. The van der Waals surface area contributed by atoms with Crippen LogP contribution in [-0.2, 0) is 15.6 Å². The molecule has 0 spiro atoms. The van der Waals surface area contributed by atoms with Gasteiger partial charge in [0.15, 0.2) is 15.7 Å². The highest BCUT2D eigenvalue weighted by atomic mass is 32.2. The summed E-state index contributed by atoms with van der Waals surface area (Å²) in [6.45, 7) is 1.29. The zero-order valence-corrected chi connectivity index (χ0v) is 11.0. The molecule has 0 amide bonds. The number of halogens is 1. The summed E-state index contributed by atoms with van der Waals surface area (Å²) in [7, 11) is -3.89. The maximum atomic E-state index is 13.6. The Morgan fingerprint density at radius 1 is 1.45 bits per heavy atom. The van der Waals surface area contributed by atoms with Crippen molar-refractivity contribution in [2.45, 2.75) is 17.6 Å². The number of carbonyl (C=O) groups is 1. The normalized spacial score (nSPS) is 11.5. The number of carboxylic acid groups (broad SMARTS) is 1. The van der Waals surface area contributed by atoms with Crippen LogP contribution >= 0.6 is 0 Å². The van der Waals surface area contributed by atoms with Crippen LogP contribution in [0.4, 0.5) is 4.39 Å². The molecule has 9 heteroatoms. The molecule has 1 aromatic heterocycles. The van der Waals surface area contributed by atoms with E-state index >= 15 is 0 Å². The van der Waals surface area contributed by atoms with Crippen molar-refractivity contribution in [3.63, 3.8) is 0 Å². The molecule has 7 nitrogen and oxygen atoms in total. The molecule has 1 aromatic carbocycles. The summed E-state index contributed by atoms with van der Waals surface area (Å²) in [5.74, 6) is -3.13. The third-order valence-corrected chi connectivity index (χ3v) is 4.14. The van der Waals surface area contributed by atoms with E-state index in [4.69, 9.17) is 5.11 Å². The van der Waals surface area contributed by atoms with Crippen molar-refractivity contribution in [3.05, 3.63) is 41.3 Å². The van der Waals surface area contributed by atoms with Crippen molar-refractivity contribution in [1.82, 2.24) is 10.1 Å². The van der Waals surface area contributed by atoms with Gasteiger partial charge in [-0.15, -0.1) is 0 Å². The van der Waals surface area contributed by atoms with Crippen LogP contribution in [0.3, 0.4) is 0 Å². The van der Waals surface area contributed by atoms with E-state index in [-0.39, 0.29) is 16.3 Å². The monoisotopic (exact) mass is 300 g/mol. The van der Waals surface area contributed by atoms with Gasteiger partial charge in [-0.05, 0) is 24.6 Å². The number of nitrogens with zero attached hydrogens (tertiary/aromatic N) is 2. The standard InChI is InChI=1S/C11H9FN2O5S/c1-6-2-7(3-8(10(6)12)11(15)16)20(17,18)4-9-13-5-19-14-9/h2-3,5H,4H2,1H3,(H,15,16). The molecular weight excluding hydrogens is 291 g/mol. The van der Waals surface area contributed by atoms with Crippen molar-refractivity contribution >= 4 is 15.8 Å². The van der Waals surface area contributed by atoms with Crippen LogP contribution in [0.2, 0.25) is 0 Å². The number of hydrogen-bond donors (Lipinski definition) is 1. The SMILES string of the molecule is Cc1cc(S(=O)(=O)Cc2ncon2)cc(C(=O)O)c1F. The summed E-state index contributed by atoms with van der Waals surface area (Å²) in [4.78, 5) is 14.2. The second kappa shape index (κ2) is 5.00. The predicted molar refractivity (Wildman–Crippen MR) is 63.3 cm³/mol. The third-order valence-electron chi connectivity index (χ3n) is 2.54. The maximum Gasteiger partial charge on any atom is 0.338 e. The molecule has 0 fully saturated rings. The summed E-state index contributed by atoms with van der Waals surface area (Å²) in [6.07, 6.45) is 0.976. The number of benzene rings is 1. The second-order valence-electron chi connectivity index (χ2n) is 4.01. The van der Waals surface area contributed by atoms with Crippen molar-refractivity contribution in [3.8, 4) is 0 Å². The highest BCUT2D eigenvalue weighted by molar-refractivity contribution is 7.90. The number of carboxylic acids is 1. The Labute approximate surface area is 113 Å². The molecular formula is C11H9FN2O5S. The first-order valence-corrected chi connectivity index (χ1v) is 6.98. The molecule has 2 aromatic rings. The smallest absolute Gasteiger partial charge is 0.338 e. The van der Waals surface area contributed by atoms with Gasteiger partial charge in [0, 0.05) is 0 Å². The first-order chi connectivity index (χ1) is 9.31. The first-order valence-electron chi connectivity index (χ1n) is 5.32. The lowest BCUT2D eigenvalue weighted by Gasteiger charge is -2.07. The van der Waals surface area contributed by atoms with Gasteiger partial charge < -0.3 is 9.63 Å². The molecule has 0 saturated heterocycles. The molecule has 0 bridgehead atoms. The van der Waals surface area contributed by atoms with Crippen LogP contribution in [0.5, 0.6) is 0 Å². The molecule has 2 rings (SSSR count). The fraction of sp³-hybridized carbons (Fsp3) is 0.182. The summed E-state index contributed by atoms with van der Waals surface area (Å²) in [6, 6.07) is 1.84. The minimum Gasteiger partial charge on any atom is -0.478 e. The second-order valence-corrected chi connectivity index (χ2v) is 6.00. The molecule has 0 aliphatic heterocycles. The minimum absolute atomic E-state index is 0.0659. The number of rotatable bonds is 4. The molecule has 0 aliphatic carbocycles. The quantitative estimate of drug-likeness (QED) is 0.844. The fourth-order valence-corrected chi connectivity index (χ4v) is 2.87. The first kappa shape index (κ1) is 14.1. The van der Waals surface area contributed by atoms with Crippen LogP contribution in [0, 0.1) is 12.7 Å². The number of aromatic carboxylic acids is 1. The van der Waals surface area contributed by atoms with E-state index in [9.17, 15) is 17.6 Å². The lowest BCUT2D eigenvalue weighted by Crippen LogP contribution is -2.10. The van der Waals surface area contributed by atoms with Crippen molar-refractivity contribution in [1.29, 1.82) is 0 Å². The van der Waals surface area contributed by atoms with Crippen LogP contribution in [0.25, 0.3) is 0 Å². The van der Waals surface area contributed by atoms with Gasteiger partial charge in [0.05, 0.1) is 10.5 Å². The van der Waals surface area contributed by atoms with E-state index < -0.39 is 32.9 Å². The van der Waals surface area contributed by atoms with E-state index in [0.717, 1.165) is 18.5 Å². The van der Waals surface area contributed by atoms with Crippen LogP contribution in [0.1, 0.15) is 21.7 Å². The molecule has 106 valence electrons. The lowest BCUT2D eigenvalue weighted by atomic mass is 10.1. The molecule has 0 saturated carbocycles. The Morgan fingerprint density at radius 2 is 2.15 bits per heavy atom. The van der Waals surface area contributed by atoms with Gasteiger partial charge in [0.1, 0.15) is 11.6 Å². The Bertz CT molecular complexity index is 755. The number of aryl methyl sites for hydroxylation is 1. The highest BCUT2D eigenvalue weighted by Gasteiger charge is 2.23. The van der Waals surface area contributed by atoms with Gasteiger partial charge in [-0.25, -0.2) is 17.6 Å². The van der Waals surface area contributed by atoms with Crippen LogP contribution in [0.15, 0.2) is 27.9 Å². The summed E-state index contributed by atoms with van der Waals surface area (Å²) < 4.78 is 42.2. The topological polar surface area (TPSA) is 110 Å². The summed E-state index contributed by atoms with van der Waals surface area (Å²) in [5.41, 5.74) is -0.770. The summed E-state index contributed by atoms with van der Waals surface area (Å²) in [5, 5.41) is 12.2. The maximum absolute atomic E-state index is 13.6. The van der Waals surface area contributed by atoms with Crippen LogP contribution in [-0.4, -0.2) is 29.6 Å². The van der Waals surface area contributed by atoms with Crippen molar-refractivity contribution in [2.75, 3.05) is 0 Å². The van der Waals surface area contributed by atoms with Gasteiger partial charge >= 0.3 is 5.97 Å². The van der Waals surface area contributed by atoms with Crippen molar-refractivity contribution < 1.29 is 27.2 Å². The molecule has 1 N–H and O–H groups in total. The van der Waals surface area contributed by atoms with Crippen LogP contribution < -0.4 is 0 Å². The Morgan fingerprint density at radius 3 is 2.70 bits per heavy atom. The summed E-state index contributed by atoms with van der Waals surface area (Å²) >= 11 is 0. The molecule has 0 radical (unpaired) electrons. The third kappa shape index (κ3) is 2.67. The van der Waals surface area contributed by atoms with E-state index in [1.54, 1.807) is 0 Å². The Hall–Kier alpha value is -2.29.